The third-order valence-electron chi connectivity index (χ3n) is 3.55. The van der Waals surface area contributed by atoms with Crippen LogP contribution in [0.25, 0.3) is 0 Å². The fourth-order valence-corrected chi connectivity index (χ4v) is 2.65. The maximum atomic E-state index is 12.5. The van der Waals surface area contributed by atoms with Crippen molar-refractivity contribution in [1.29, 1.82) is 0 Å². The average Bonchev–Trinajstić information content (AvgIpc) is 2.33. The molecule has 1 aromatic carbocycles. The molecule has 0 atom stereocenters. The molecule has 1 rings (SSSR count). The van der Waals surface area contributed by atoms with Crippen molar-refractivity contribution in [1.82, 2.24) is 4.90 Å². The number of ketones is 1. The van der Waals surface area contributed by atoms with Crippen molar-refractivity contribution in [2.75, 3.05) is 13.1 Å². The van der Waals surface area contributed by atoms with E-state index in [0.717, 1.165) is 23.1 Å². The molecule has 0 heterocycles. The lowest BCUT2D eigenvalue weighted by atomic mass is 9.91. The van der Waals surface area contributed by atoms with Crippen molar-refractivity contribution in [3.63, 3.8) is 0 Å². The van der Waals surface area contributed by atoms with Crippen molar-refractivity contribution >= 4 is 21.7 Å². The Hall–Kier alpha value is -0.670. The van der Waals surface area contributed by atoms with E-state index in [9.17, 15) is 4.79 Å². The molecule has 0 N–H and O–H groups in total. The van der Waals surface area contributed by atoms with Gasteiger partial charge in [0.15, 0.2) is 5.78 Å². The van der Waals surface area contributed by atoms with Crippen LogP contribution in [-0.2, 0) is 11.2 Å². The summed E-state index contributed by atoms with van der Waals surface area (Å²) < 4.78 is 1.01. The molecule has 0 aliphatic carbocycles. The lowest BCUT2D eigenvalue weighted by Crippen LogP contribution is -2.50. The molecule has 100 valence electrons. The Morgan fingerprint density at radius 1 is 1.22 bits per heavy atom. The predicted molar refractivity (Wildman–Crippen MR) is 79.9 cm³/mol. The van der Waals surface area contributed by atoms with Crippen LogP contribution in [0.4, 0.5) is 0 Å². The molecule has 0 fully saturated rings. The minimum atomic E-state index is -0.404. The quantitative estimate of drug-likeness (QED) is 0.798. The number of hydrogen-bond donors (Lipinski definition) is 0. The Labute approximate surface area is 119 Å². The van der Waals surface area contributed by atoms with Gasteiger partial charge in [-0.3, -0.25) is 9.69 Å². The number of hydrogen-bond acceptors (Lipinski definition) is 2. The highest BCUT2D eigenvalue weighted by Gasteiger charge is 2.32. The maximum absolute atomic E-state index is 12.5. The number of halogens is 1. The second-order valence-electron chi connectivity index (χ2n) is 4.92. The number of rotatable bonds is 6. The Kier molecular flexibility index (Phi) is 5.54. The summed E-state index contributed by atoms with van der Waals surface area (Å²) in [5.74, 6) is 0.262. The minimum Gasteiger partial charge on any atom is -0.297 e. The normalized spacial score (nSPS) is 11.9. The smallest absolute Gasteiger partial charge is 0.156 e. The molecule has 0 saturated carbocycles. The number of nitrogens with zero attached hydrogens (tertiary/aromatic N) is 1. The Morgan fingerprint density at radius 2 is 1.78 bits per heavy atom. The summed E-state index contributed by atoms with van der Waals surface area (Å²) in [4.78, 5) is 14.7. The van der Waals surface area contributed by atoms with E-state index in [1.807, 2.05) is 38.1 Å². The highest BCUT2D eigenvalue weighted by molar-refractivity contribution is 9.10. The molecule has 0 saturated heterocycles. The van der Waals surface area contributed by atoms with Gasteiger partial charge in [-0.2, -0.15) is 0 Å². The molecule has 0 aliphatic rings. The highest BCUT2D eigenvalue weighted by Crippen LogP contribution is 2.22. The molecular weight excluding hydrogens is 290 g/mol. The molecule has 0 spiro atoms. The van der Waals surface area contributed by atoms with E-state index in [2.05, 4.69) is 34.7 Å². The molecular formula is C15H22BrNO. The highest BCUT2D eigenvalue weighted by atomic mass is 79.9. The van der Waals surface area contributed by atoms with Gasteiger partial charge in [-0.15, -0.1) is 0 Å². The monoisotopic (exact) mass is 311 g/mol. The number of Topliss-reactive ketones (excluding diaryl/α,β-unsaturated/α-hetero) is 1. The van der Waals surface area contributed by atoms with Gasteiger partial charge in [-0.25, -0.2) is 0 Å². The van der Waals surface area contributed by atoms with Crippen molar-refractivity contribution < 1.29 is 4.79 Å². The number of carbonyl (C=O) groups excluding carboxylic acids is 1. The van der Waals surface area contributed by atoms with Crippen LogP contribution in [0.5, 0.6) is 0 Å². The fourth-order valence-electron chi connectivity index (χ4n) is 2.22. The van der Waals surface area contributed by atoms with Crippen molar-refractivity contribution in [3.8, 4) is 0 Å². The molecule has 0 amide bonds. The first-order chi connectivity index (χ1) is 8.43. The summed E-state index contributed by atoms with van der Waals surface area (Å²) in [7, 11) is 0. The van der Waals surface area contributed by atoms with E-state index >= 15 is 0 Å². The van der Waals surface area contributed by atoms with Crippen molar-refractivity contribution in [3.05, 3.63) is 34.3 Å². The zero-order chi connectivity index (χ0) is 13.8. The SMILES string of the molecule is CCN(CC)C(C)(C)C(=O)Cc1ccccc1Br. The van der Waals surface area contributed by atoms with Gasteiger partial charge in [-0.1, -0.05) is 48.0 Å². The van der Waals surface area contributed by atoms with E-state index in [4.69, 9.17) is 0 Å². The minimum absolute atomic E-state index is 0.262. The second-order valence-corrected chi connectivity index (χ2v) is 5.78. The Bertz CT molecular complexity index is 411. The van der Waals surface area contributed by atoms with Crippen molar-refractivity contribution in [2.24, 2.45) is 0 Å². The fraction of sp³-hybridized carbons (Fsp3) is 0.533. The third-order valence-corrected chi connectivity index (χ3v) is 4.32. The topological polar surface area (TPSA) is 20.3 Å². The number of likely N-dealkylation sites (N-methyl/N-ethyl adjacent to an activating group) is 1. The lowest BCUT2D eigenvalue weighted by molar-refractivity contribution is -0.128. The summed E-state index contributed by atoms with van der Waals surface area (Å²) in [6.45, 7) is 10.0. The first-order valence-corrected chi connectivity index (χ1v) is 7.24. The zero-order valence-electron chi connectivity index (χ0n) is 11.7. The average molecular weight is 312 g/mol. The van der Waals surface area contributed by atoms with Crippen LogP contribution < -0.4 is 0 Å². The van der Waals surface area contributed by atoms with Crippen LogP contribution >= 0.6 is 15.9 Å². The second kappa shape index (κ2) is 6.48. The van der Waals surface area contributed by atoms with Gasteiger partial charge >= 0.3 is 0 Å². The van der Waals surface area contributed by atoms with Gasteiger partial charge in [0.1, 0.15) is 0 Å². The van der Waals surface area contributed by atoms with Crippen LogP contribution in [0.3, 0.4) is 0 Å². The van der Waals surface area contributed by atoms with Crippen molar-refractivity contribution in [2.45, 2.75) is 39.7 Å². The predicted octanol–water partition coefficient (Wildman–Crippen LogP) is 3.68. The van der Waals surface area contributed by atoms with Gasteiger partial charge in [0.2, 0.25) is 0 Å². The summed E-state index contributed by atoms with van der Waals surface area (Å²) in [6.07, 6.45) is 0.477. The van der Waals surface area contributed by atoms with Gasteiger partial charge in [0.25, 0.3) is 0 Å². The molecule has 0 bridgehead atoms. The number of carbonyl (C=O) groups is 1. The number of benzene rings is 1. The van der Waals surface area contributed by atoms with Crippen LogP contribution in [0.1, 0.15) is 33.3 Å². The molecule has 18 heavy (non-hydrogen) atoms. The third kappa shape index (κ3) is 3.42. The van der Waals surface area contributed by atoms with E-state index < -0.39 is 5.54 Å². The molecule has 0 radical (unpaired) electrons. The first-order valence-electron chi connectivity index (χ1n) is 6.45. The Balaban J connectivity index is 2.85. The maximum Gasteiger partial charge on any atom is 0.156 e. The summed E-state index contributed by atoms with van der Waals surface area (Å²) in [6, 6.07) is 7.92. The molecule has 0 aliphatic heterocycles. The first kappa shape index (κ1) is 15.4. The van der Waals surface area contributed by atoms with Gasteiger partial charge in [-0.05, 0) is 38.6 Å². The van der Waals surface area contributed by atoms with Gasteiger partial charge in [0, 0.05) is 10.9 Å². The molecule has 0 unspecified atom stereocenters. The zero-order valence-corrected chi connectivity index (χ0v) is 13.3. The van der Waals surface area contributed by atoms with Crippen LogP contribution in [0.15, 0.2) is 28.7 Å². The van der Waals surface area contributed by atoms with E-state index in [1.165, 1.54) is 0 Å². The lowest BCUT2D eigenvalue weighted by Gasteiger charge is -2.36. The molecule has 3 heteroatoms. The Morgan fingerprint density at radius 3 is 2.28 bits per heavy atom. The summed E-state index contributed by atoms with van der Waals surface area (Å²) in [5, 5.41) is 0. The standard InChI is InChI=1S/C15H22BrNO/c1-5-17(6-2)15(3,4)14(18)11-12-9-7-8-10-13(12)16/h7-10H,5-6,11H2,1-4H3. The van der Waals surface area contributed by atoms with E-state index in [-0.39, 0.29) is 5.78 Å². The van der Waals surface area contributed by atoms with E-state index in [0.29, 0.717) is 6.42 Å². The van der Waals surface area contributed by atoms with Gasteiger partial charge in [0.05, 0.1) is 5.54 Å². The molecule has 1 aromatic rings. The largest absolute Gasteiger partial charge is 0.297 e. The van der Waals surface area contributed by atoms with Crippen LogP contribution in [0, 0.1) is 0 Å². The summed E-state index contributed by atoms with van der Waals surface area (Å²) >= 11 is 3.50. The molecule has 2 nitrogen and oxygen atoms in total. The van der Waals surface area contributed by atoms with Crippen LogP contribution in [-0.4, -0.2) is 29.3 Å². The van der Waals surface area contributed by atoms with Crippen LogP contribution in [0.2, 0.25) is 0 Å². The van der Waals surface area contributed by atoms with Gasteiger partial charge < -0.3 is 0 Å². The molecule has 0 aromatic heterocycles. The summed E-state index contributed by atoms with van der Waals surface area (Å²) in [5.41, 5.74) is 0.654. The van der Waals surface area contributed by atoms with E-state index in [1.54, 1.807) is 0 Å².